The van der Waals surface area contributed by atoms with Gasteiger partial charge in [0.1, 0.15) is 13.2 Å². The topological polar surface area (TPSA) is 85.5 Å². The molecule has 0 saturated carbocycles. The monoisotopic (exact) mass is 234 g/mol. The van der Waals surface area contributed by atoms with E-state index in [1.807, 2.05) is 30.3 Å². The quantitative estimate of drug-likeness (QED) is 0.840. The number of nitrogens with zero attached hydrogens (tertiary/aromatic N) is 2. The smallest absolute Gasteiger partial charge is 0.329 e. The zero-order valence-corrected chi connectivity index (χ0v) is 8.87. The minimum absolute atomic E-state index is 0.00780. The van der Waals surface area contributed by atoms with Crippen molar-refractivity contribution in [3.8, 4) is 11.4 Å². The molecule has 2 aromatic rings. The van der Waals surface area contributed by atoms with Crippen molar-refractivity contribution in [1.29, 1.82) is 0 Å². The van der Waals surface area contributed by atoms with Gasteiger partial charge in [-0.15, -0.1) is 0 Å². The molecule has 6 heteroatoms. The van der Waals surface area contributed by atoms with Crippen LogP contribution in [0.1, 0.15) is 5.89 Å². The van der Waals surface area contributed by atoms with Crippen LogP contribution in [0.5, 0.6) is 0 Å². The highest BCUT2D eigenvalue weighted by atomic mass is 16.5. The number of benzene rings is 1. The van der Waals surface area contributed by atoms with Gasteiger partial charge >= 0.3 is 5.97 Å². The van der Waals surface area contributed by atoms with Crippen LogP contribution in [0.4, 0.5) is 0 Å². The third-order valence-electron chi connectivity index (χ3n) is 1.95. The molecule has 0 unspecified atom stereocenters. The molecule has 0 aliphatic heterocycles. The Morgan fingerprint density at radius 2 is 2.12 bits per heavy atom. The van der Waals surface area contributed by atoms with Gasteiger partial charge in [-0.3, -0.25) is 0 Å². The number of carboxylic acids is 1. The standard InChI is InChI=1S/C11H10N2O4/c14-10(15)7-16-6-9-12-11(13-17-9)8-4-2-1-3-5-8/h1-5H,6-7H2,(H,14,15). The van der Waals surface area contributed by atoms with Crippen molar-refractivity contribution in [3.63, 3.8) is 0 Å². The molecule has 1 aromatic heterocycles. The fraction of sp³-hybridized carbons (Fsp3) is 0.182. The van der Waals surface area contributed by atoms with Crippen LogP contribution in [0, 0.1) is 0 Å². The number of ether oxygens (including phenoxy) is 1. The van der Waals surface area contributed by atoms with E-state index in [9.17, 15) is 4.79 Å². The predicted molar refractivity (Wildman–Crippen MR) is 57.0 cm³/mol. The molecule has 0 spiro atoms. The van der Waals surface area contributed by atoms with Gasteiger partial charge in [0.15, 0.2) is 0 Å². The minimum atomic E-state index is -1.03. The van der Waals surface area contributed by atoms with E-state index in [1.54, 1.807) is 0 Å². The molecule has 0 saturated heterocycles. The Morgan fingerprint density at radius 3 is 2.82 bits per heavy atom. The first-order valence-electron chi connectivity index (χ1n) is 4.93. The normalized spacial score (nSPS) is 10.4. The lowest BCUT2D eigenvalue weighted by molar-refractivity contribution is -0.142. The van der Waals surface area contributed by atoms with E-state index >= 15 is 0 Å². The molecular weight excluding hydrogens is 224 g/mol. The van der Waals surface area contributed by atoms with Crippen molar-refractivity contribution in [3.05, 3.63) is 36.2 Å². The van der Waals surface area contributed by atoms with Crippen molar-refractivity contribution in [2.24, 2.45) is 0 Å². The molecular formula is C11H10N2O4. The summed E-state index contributed by atoms with van der Waals surface area (Å²) in [4.78, 5) is 14.3. The lowest BCUT2D eigenvalue weighted by atomic mass is 10.2. The molecule has 0 radical (unpaired) electrons. The molecule has 1 N–H and O–H groups in total. The number of carboxylic acid groups (broad SMARTS) is 1. The van der Waals surface area contributed by atoms with Gasteiger partial charge in [-0.2, -0.15) is 4.98 Å². The van der Waals surface area contributed by atoms with E-state index in [2.05, 4.69) is 10.1 Å². The third kappa shape index (κ3) is 3.12. The van der Waals surface area contributed by atoms with Gasteiger partial charge in [0.05, 0.1) is 0 Å². The summed E-state index contributed by atoms with van der Waals surface area (Å²) in [5, 5.41) is 12.2. The van der Waals surface area contributed by atoms with Gasteiger partial charge in [-0.05, 0) is 0 Å². The van der Waals surface area contributed by atoms with Crippen LogP contribution in [-0.2, 0) is 16.1 Å². The van der Waals surface area contributed by atoms with Crippen molar-refractivity contribution in [2.45, 2.75) is 6.61 Å². The van der Waals surface area contributed by atoms with Crippen molar-refractivity contribution in [2.75, 3.05) is 6.61 Å². The van der Waals surface area contributed by atoms with E-state index in [-0.39, 0.29) is 19.1 Å². The maximum atomic E-state index is 10.2. The highest BCUT2D eigenvalue weighted by Crippen LogP contribution is 2.14. The Balaban J connectivity index is 1.99. The molecule has 0 bridgehead atoms. The summed E-state index contributed by atoms with van der Waals surface area (Å²) in [5.41, 5.74) is 0.834. The zero-order valence-electron chi connectivity index (χ0n) is 8.87. The fourth-order valence-electron chi connectivity index (χ4n) is 1.24. The number of aromatic nitrogens is 2. The highest BCUT2D eigenvalue weighted by Gasteiger charge is 2.08. The number of aliphatic carboxylic acids is 1. The fourth-order valence-corrected chi connectivity index (χ4v) is 1.24. The van der Waals surface area contributed by atoms with Gasteiger partial charge in [0.25, 0.3) is 5.89 Å². The molecule has 0 amide bonds. The third-order valence-corrected chi connectivity index (χ3v) is 1.95. The number of hydrogen-bond donors (Lipinski definition) is 1. The molecule has 0 aliphatic rings. The van der Waals surface area contributed by atoms with E-state index in [0.29, 0.717) is 5.82 Å². The maximum Gasteiger partial charge on any atom is 0.329 e. The Kier molecular flexibility index (Phi) is 3.46. The Morgan fingerprint density at radius 1 is 1.35 bits per heavy atom. The molecule has 6 nitrogen and oxygen atoms in total. The van der Waals surface area contributed by atoms with Crippen LogP contribution in [-0.4, -0.2) is 27.8 Å². The summed E-state index contributed by atoms with van der Waals surface area (Å²) in [5.74, 6) is -0.322. The summed E-state index contributed by atoms with van der Waals surface area (Å²) in [6.45, 7) is -0.394. The first kappa shape index (κ1) is 11.3. The SMILES string of the molecule is O=C(O)COCc1nc(-c2ccccc2)no1. The molecule has 0 atom stereocenters. The van der Waals surface area contributed by atoms with E-state index in [1.165, 1.54) is 0 Å². The van der Waals surface area contributed by atoms with E-state index in [0.717, 1.165) is 5.56 Å². The molecule has 1 aromatic carbocycles. The summed E-state index contributed by atoms with van der Waals surface area (Å²) in [6.07, 6.45) is 0. The highest BCUT2D eigenvalue weighted by molar-refractivity contribution is 5.67. The minimum Gasteiger partial charge on any atom is -0.480 e. The molecule has 0 fully saturated rings. The Hall–Kier alpha value is -2.21. The van der Waals surface area contributed by atoms with E-state index < -0.39 is 5.97 Å². The lowest BCUT2D eigenvalue weighted by Crippen LogP contribution is -2.06. The zero-order chi connectivity index (χ0) is 12.1. The summed E-state index contributed by atoms with van der Waals surface area (Å²) in [7, 11) is 0. The molecule has 2 rings (SSSR count). The average Bonchev–Trinajstić information content (AvgIpc) is 2.78. The van der Waals surface area contributed by atoms with Gasteiger partial charge in [0.2, 0.25) is 5.82 Å². The second kappa shape index (κ2) is 5.22. The Labute approximate surface area is 96.8 Å². The average molecular weight is 234 g/mol. The summed E-state index contributed by atoms with van der Waals surface area (Å²) < 4.78 is 9.76. The van der Waals surface area contributed by atoms with Crippen LogP contribution < -0.4 is 0 Å². The molecule has 1 heterocycles. The summed E-state index contributed by atoms with van der Waals surface area (Å²) in [6, 6.07) is 9.33. The van der Waals surface area contributed by atoms with Gasteiger partial charge in [0, 0.05) is 5.56 Å². The van der Waals surface area contributed by atoms with Crippen LogP contribution in [0.15, 0.2) is 34.9 Å². The number of hydrogen-bond acceptors (Lipinski definition) is 5. The first-order chi connectivity index (χ1) is 8.25. The second-order valence-corrected chi connectivity index (χ2v) is 3.26. The number of rotatable bonds is 5. The van der Waals surface area contributed by atoms with Crippen LogP contribution in [0.25, 0.3) is 11.4 Å². The van der Waals surface area contributed by atoms with Gasteiger partial charge in [-0.1, -0.05) is 35.5 Å². The van der Waals surface area contributed by atoms with Crippen LogP contribution in [0.3, 0.4) is 0 Å². The second-order valence-electron chi connectivity index (χ2n) is 3.26. The van der Waals surface area contributed by atoms with Gasteiger partial charge < -0.3 is 14.4 Å². The molecule has 17 heavy (non-hydrogen) atoms. The molecule has 88 valence electrons. The summed E-state index contributed by atoms with van der Waals surface area (Å²) >= 11 is 0. The van der Waals surface area contributed by atoms with Crippen molar-refractivity contribution in [1.82, 2.24) is 10.1 Å². The maximum absolute atomic E-state index is 10.2. The van der Waals surface area contributed by atoms with Crippen molar-refractivity contribution < 1.29 is 19.2 Å². The Bertz CT molecular complexity index is 495. The van der Waals surface area contributed by atoms with Crippen LogP contribution in [0.2, 0.25) is 0 Å². The van der Waals surface area contributed by atoms with Crippen LogP contribution >= 0.6 is 0 Å². The predicted octanol–water partition coefficient (Wildman–Crippen LogP) is 1.34. The van der Waals surface area contributed by atoms with Crippen molar-refractivity contribution >= 4 is 5.97 Å². The molecule has 0 aliphatic carbocycles. The van der Waals surface area contributed by atoms with Gasteiger partial charge in [-0.25, -0.2) is 4.79 Å². The largest absolute Gasteiger partial charge is 0.480 e. The van der Waals surface area contributed by atoms with E-state index in [4.69, 9.17) is 14.4 Å². The number of carbonyl (C=O) groups is 1. The lowest BCUT2D eigenvalue weighted by Gasteiger charge is -1.94. The first-order valence-corrected chi connectivity index (χ1v) is 4.93.